The minimum atomic E-state index is -0.625. The third-order valence-corrected chi connectivity index (χ3v) is 5.03. The maximum absolute atomic E-state index is 13.6. The van der Waals surface area contributed by atoms with Crippen molar-refractivity contribution in [3.05, 3.63) is 100 Å². The van der Waals surface area contributed by atoms with Gasteiger partial charge in [-0.3, -0.25) is 0 Å². The molecule has 0 amide bonds. The number of benzene rings is 3. The summed E-state index contributed by atoms with van der Waals surface area (Å²) in [5.41, 5.74) is 3.04. The molecule has 4 aromatic rings. The number of hydrogen-bond acceptors (Lipinski definition) is 4. The van der Waals surface area contributed by atoms with Gasteiger partial charge in [0.2, 0.25) is 11.8 Å². The topological polar surface area (TPSA) is 51.0 Å². The quantitative estimate of drug-likeness (QED) is 0.386. The van der Waals surface area contributed by atoms with Crippen LogP contribution in [0.4, 0.5) is 14.5 Å². The fraction of sp³-hybridized carbons (Fsp3) is 0.130. The Labute approximate surface area is 177 Å². The molecule has 1 heterocycles. The molecule has 0 unspecified atom stereocenters. The molecule has 7 heteroatoms. The Morgan fingerprint density at radius 2 is 1.73 bits per heavy atom. The van der Waals surface area contributed by atoms with Crippen LogP contribution in [0.25, 0.3) is 11.5 Å². The van der Waals surface area contributed by atoms with Crippen molar-refractivity contribution in [3.63, 3.8) is 0 Å². The minimum Gasteiger partial charge on any atom is -0.418 e. The van der Waals surface area contributed by atoms with E-state index in [4.69, 9.17) is 16.0 Å². The molecule has 30 heavy (non-hydrogen) atoms. The van der Waals surface area contributed by atoms with E-state index < -0.39 is 17.7 Å². The second kappa shape index (κ2) is 8.63. The standard InChI is InChI=1S/C23H18ClF2N3O/c1-2-14-6-9-18(10-7-14)27-21(19-11-8-17(26)13-20(19)24)23-29-28-22(30-23)15-4-3-5-16(25)12-15/h3-13,21,27H,2H2,1H3/t21-/m1/s1. The molecular formula is C23H18ClF2N3O. The first kappa shape index (κ1) is 20.0. The molecule has 1 N–H and O–H groups in total. The Morgan fingerprint density at radius 3 is 2.43 bits per heavy atom. The van der Waals surface area contributed by atoms with Crippen molar-refractivity contribution in [2.45, 2.75) is 19.4 Å². The third-order valence-electron chi connectivity index (χ3n) is 4.71. The highest BCUT2D eigenvalue weighted by Gasteiger charge is 2.24. The average Bonchev–Trinajstić information content (AvgIpc) is 3.23. The zero-order chi connectivity index (χ0) is 21.1. The molecule has 0 saturated heterocycles. The van der Waals surface area contributed by atoms with Gasteiger partial charge in [-0.1, -0.05) is 42.8 Å². The smallest absolute Gasteiger partial charge is 0.247 e. The van der Waals surface area contributed by atoms with Crippen molar-refractivity contribution in [1.82, 2.24) is 10.2 Å². The van der Waals surface area contributed by atoms with Crippen LogP contribution >= 0.6 is 11.6 Å². The molecule has 4 rings (SSSR count). The summed E-state index contributed by atoms with van der Waals surface area (Å²) in [6, 6.07) is 17.3. The predicted molar refractivity (Wildman–Crippen MR) is 112 cm³/mol. The number of halogens is 3. The molecule has 0 radical (unpaired) electrons. The Hall–Kier alpha value is -3.25. The highest BCUT2D eigenvalue weighted by Crippen LogP contribution is 2.33. The molecular weight excluding hydrogens is 408 g/mol. The molecule has 0 aliphatic carbocycles. The number of aryl methyl sites for hydroxylation is 1. The highest BCUT2D eigenvalue weighted by molar-refractivity contribution is 6.31. The van der Waals surface area contributed by atoms with Crippen molar-refractivity contribution in [2.75, 3.05) is 5.32 Å². The first-order valence-corrected chi connectivity index (χ1v) is 9.81. The summed E-state index contributed by atoms with van der Waals surface area (Å²) in [6.45, 7) is 2.08. The second-order valence-corrected chi connectivity index (χ2v) is 7.16. The summed E-state index contributed by atoms with van der Waals surface area (Å²) >= 11 is 6.31. The zero-order valence-electron chi connectivity index (χ0n) is 16.1. The number of nitrogens with zero attached hydrogens (tertiary/aromatic N) is 2. The van der Waals surface area contributed by atoms with E-state index in [2.05, 4.69) is 22.4 Å². The van der Waals surface area contributed by atoms with Gasteiger partial charge in [-0.2, -0.15) is 0 Å². The van der Waals surface area contributed by atoms with Gasteiger partial charge in [-0.15, -0.1) is 10.2 Å². The first-order valence-electron chi connectivity index (χ1n) is 9.43. The van der Waals surface area contributed by atoms with Crippen LogP contribution in [0.5, 0.6) is 0 Å². The van der Waals surface area contributed by atoms with E-state index in [1.54, 1.807) is 18.2 Å². The Morgan fingerprint density at radius 1 is 0.967 bits per heavy atom. The minimum absolute atomic E-state index is 0.177. The van der Waals surface area contributed by atoms with Crippen LogP contribution < -0.4 is 5.32 Å². The zero-order valence-corrected chi connectivity index (χ0v) is 16.8. The van der Waals surface area contributed by atoms with Crippen molar-refractivity contribution >= 4 is 17.3 Å². The van der Waals surface area contributed by atoms with Crippen LogP contribution in [0.3, 0.4) is 0 Å². The molecule has 3 aromatic carbocycles. The molecule has 0 fully saturated rings. The van der Waals surface area contributed by atoms with Crippen molar-refractivity contribution < 1.29 is 13.2 Å². The molecule has 1 aromatic heterocycles. The molecule has 0 aliphatic heterocycles. The van der Waals surface area contributed by atoms with E-state index in [0.29, 0.717) is 11.1 Å². The van der Waals surface area contributed by atoms with Gasteiger partial charge in [-0.25, -0.2) is 8.78 Å². The SMILES string of the molecule is CCc1ccc(N[C@@H](c2nnc(-c3cccc(F)c3)o2)c2ccc(F)cc2Cl)cc1. The fourth-order valence-electron chi connectivity index (χ4n) is 3.10. The van der Waals surface area contributed by atoms with Crippen molar-refractivity contribution in [2.24, 2.45) is 0 Å². The summed E-state index contributed by atoms with van der Waals surface area (Å²) in [4.78, 5) is 0. The van der Waals surface area contributed by atoms with E-state index in [1.165, 1.54) is 29.8 Å². The van der Waals surface area contributed by atoms with E-state index in [1.807, 2.05) is 24.3 Å². The van der Waals surface area contributed by atoms with Crippen LogP contribution in [0.2, 0.25) is 5.02 Å². The molecule has 4 nitrogen and oxygen atoms in total. The summed E-state index contributed by atoms with van der Waals surface area (Å²) < 4.78 is 33.0. The summed E-state index contributed by atoms with van der Waals surface area (Å²) in [5.74, 6) is -0.446. The van der Waals surface area contributed by atoms with Gasteiger partial charge in [0.25, 0.3) is 0 Å². The number of aromatic nitrogens is 2. The number of hydrogen-bond donors (Lipinski definition) is 1. The fourth-order valence-corrected chi connectivity index (χ4v) is 3.38. The van der Waals surface area contributed by atoms with Gasteiger partial charge in [0.1, 0.15) is 17.7 Å². The maximum atomic E-state index is 13.6. The lowest BCUT2D eigenvalue weighted by atomic mass is 10.1. The van der Waals surface area contributed by atoms with Crippen LogP contribution in [0.15, 0.2) is 71.1 Å². The van der Waals surface area contributed by atoms with E-state index in [-0.39, 0.29) is 16.8 Å². The summed E-state index contributed by atoms with van der Waals surface area (Å²) in [7, 11) is 0. The average molecular weight is 426 g/mol. The second-order valence-electron chi connectivity index (χ2n) is 6.75. The molecule has 0 bridgehead atoms. The monoisotopic (exact) mass is 425 g/mol. The number of nitrogens with one attached hydrogen (secondary N) is 1. The lowest BCUT2D eigenvalue weighted by Gasteiger charge is -2.18. The van der Waals surface area contributed by atoms with Crippen LogP contribution in [-0.4, -0.2) is 10.2 Å². The van der Waals surface area contributed by atoms with Gasteiger partial charge in [0, 0.05) is 21.8 Å². The van der Waals surface area contributed by atoms with Gasteiger partial charge in [-0.05, 0) is 54.4 Å². The summed E-state index contributed by atoms with van der Waals surface area (Å²) in [5, 5.41) is 11.7. The van der Waals surface area contributed by atoms with Crippen LogP contribution in [0, 0.1) is 11.6 Å². The van der Waals surface area contributed by atoms with Gasteiger partial charge < -0.3 is 9.73 Å². The third kappa shape index (κ3) is 4.33. The number of rotatable bonds is 6. The van der Waals surface area contributed by atoms with Gasteiger partial charge >= 0.3 is 0 Å². The Balaban J connectivity index is 1.73. The van der Waals surface area contributed by atoms with E-state index in [0.717, 1.165) is 12.1 Å². The largest absolute Gasteiger partial charge is 0.418 e. The molecule has 0 saturated carbocycles. The highest BCUT2D eigenvalue weighted by atomic mass is 35.5. The van der Waals surface area contributed by atoms with E-state index >= 15 is 0 Å². The molecule has 0 spiro atoms. The lowest BCUT2D eigenvalue weighted by Crippen LogP contribution is -2.13. The van der Waals surface area contributed by atoms with Crippen molar-refractivity contribution in [1.29, 1.82) is 0 Å². The molecule has 152 valence electrons. The van der Waals surface area contributed by atoms with Gasteiger partial charge in [0.05, 0.1) is 0 Å². The van der Waals surface area contributed by atoms with Crippen LogP contribution in [0.1, 0.15) is 30.0 Å². The Kier molecular flexibility index (Phi) is 5.77. The molecule has 1 atom stereocenters. The van der Waals surface area contributed by atoms with Crippen molar-refractivity contribution in [3.8, 4) is 11.5 Å². The van der Waals surface area contributed by atoms with Gasteiger partial charge in [0.15, 0.2) is 0 Å². The predicted octanol–water partition coefficient (Wildman–Crippen LogP) is 6.43. The normalized spacial score (nSPS) is 12.0. The molecule has 0 aliphatic rings. The first-order chi connectivity index (χ1) is 14.5. The lowest BCUT2D eigenvalue weighted by molar-refractivity contribution is 0.493. The Bertz CT molecular complexity index is 1160. The maximum Gasteiger partial charge on any atom is 0.247 e. The number of anilines is 1. The van der Waals surface area contributed by atoms with Crippen LogP contribution in [-0.2, 0) is 6.42 Å². The van der Waals surface area contributed by atoms with E-state index in [9.17, 15) is 8.78 Å². The summed E-state index contributed by atoms with van der Waals surface area (Å²) in [6.07, 6.45) is 0.925.